The zero-order chi connectivity index (χ0) is 19.2. The summed E-state index contributed by atoms with van der Waals surface area (Å²) in [5.74, 6) is -2.08. The number of nitrogens with zero attached hydrogens (tertiary/aromatic N) is 2. The molecule has 0 unspecified atom stereocenters. The number of hydrogen-bond donors (Lipinski definition) is 0. The summed E-state index contributed by atoms with van der Waals surface area (Å²) in [6.07, 6.45) is 6.28. The van der Waals surface area contributed by atoms with E-state index in [-0.39, 0.29) is 17.9 Å². The standard InChI is InChI=1S/C21H24N2O4/c1-22-18(24)16-15(11-10-14-8-4-3-5-9-14)23-13-7-6-12-21(23,20(26)27-2)17(16)19(22)25/h3-5,8-11,15-17H,6-7,12-13H2,1-2H3/b11-10+/t15-,16-,17+,21+/m1/s1. The highest BCUT2D eigenvalue weighted by molar-refractivity contribution is 6.09. The first-order valence-electron chi connectivity index (χ1n) is 9.42. The van der Waals surface area contributed by atoms with Crippen LogP contribution in [0.1, 0.15) is 24.8 Å². The monoisotopic (exact) mass is 368 g/mol. The van der Waals surface area contributed by atoms with Gasteiger partial charge in [-0.3, -0.25) is 24.2 Å². The van der Waals surface area contributed by atoms with Crippen molar-refractivity contribution in [2.24, 2.45) is 11.8 Å². The number of likely N-dealkylation sites (tertiary alicyclic amines) is 1. The Bertz CT molecular complexity index is 806. The summed E-state index contributed by atoms with van der Waals surface area (Å²) >= 11 is 0. The maximum absolute atomic E-state index is 12.9. The summed E-state index contributed by atoms with van der Waals surface area (Å²) in [5, 5.41) is 0. The average Bonchev–Trinajstić information content (AvgIpc) is 3.13. The minimum Gasteiger partial charge on any atom is -0.468 e. The zero-order valence-electron chi connectivity index (χ0n) is 15.6. The SMILES string of the molecule is COC(=O)[C@@]12CCCCN1[C@H](/C=C/c1ccccc1)[C@H]1C(=O)N(C)C(=O)[C@H]12. The van der Waals surface area contributed by atoms with E-state index >= 15 is 0 Å². The van der Waals surface area contributed by atoms with E-state index in [1.165, 1.54) is 19.1 Å². The van der Waals surface area contributed by atoms with Crippen LogP contribution in [0.3, 0.4) is 0 Å². The van der Waals surface area contributed by atoms with E-state index in [9.17, 15) is 14.4 Å². The number of hydrogen-bond acceptors (Lipinski definition) is 5. The summed E-state index contributed by atoms with van der Waals surface area (Å²) < 4.78 is 5.15. The predicted molar refractivity (Wildman–Crippen MR) is 99.3 cm³/mol. The van der Waals surface area contributed by atoms with Gasteiger partial charge in [-0.15, -0.1) is 0 Å². The van der Waals surface area contributed by atoms with Crippen molar-refractivity contribution in [3.8, 4) is 0 Å². The van der Waals surface area contributed by atoms with Crippen molar-refractivity contribution in [1.29, 1.82) is 0 Å². The molecule has 1 aromatic carbocycles. The molecule has 1 aromatic rings. The molecule has 0 aliphatic carbocycles. The molecule has 6 nitrogen and oxygen atoms in total. The van der Waals surface area contributed by atoms with Crippen molar-refractivity contribution in [1.82, 2.24) is 9.80 Å². The Kier molecular flexibility index (Phi) is 4.38. The quantitative estimate of drug-likeness (QED) is 0.600. The van der Waals surface area contributed by atoms with Crippen LogP contribution < -0.4 is 0 Å². The van der Waals surface area contributed by atoms with Crippen molar-refractivity contribution >= 4 is 23.9 Å². The minimum atomic E-state index is -1.04. The van der Waals surface area contributed by atoms with Crippen LogP contribution in [0.25, 0.3) is 6.08 Å². The zero-order valence-corrected chi connectivity index (χ0v) is 15.6. The molecule has 0 radical (unpaired) electrons. The molecule has 3 saturated heterocycles. The maximum Gasteiger partial charge on any atom is 0.327 e. The molecule has 27 heavy (non-hydrogen) atoms. The van der Waals surface area contributed by atoms with E-state index < -0.39 is 23.3 Å². The van der Waals surface area contributed by atoms with Crippen LogP contribution >= 0.6 is 0 Å². The number of benzene rings is 1. The molecule has 3 aliphatic heterocycles. The van der Waals surface area contributed by atoms with Crippen LogP contribution in [0.5, 0.6) is 0 Å². The summed E-state index contributed by atoms with van der Waals surface area (Å²) in [4.78, 5) is 42.0. The Morgan fingerprint density at radius 1 is 1.19 bits per heavy atom. The molecule has 0 bridgehead atoms. The molecule has 4 atom stereocenters. The highest BCUT2D eigenvalue weighted by Gasteiger charge is 2.71. The Morgan fingerprint density at radius 3 is 2.63 bits per heavy atom. The van der Waals surface area contributed by atoms with E-state index in [1.807, 2.05) is 42.5 Å². The number of ether oxygens (including phenoxy) is 1. The van der Waals surface area contributed by atoms with Gasteiger partial charge in [-0.05, 0) is 31.4 Å². The molecule has 3 heterocycles. The molecule has 4 rings (SSSR count). The van der Waals surface area contributed by atoms with Crippen LogP contribution in [0.4, 0.5) is 0 Å². The summed E-state index contributed by atoms with van der Waals surface area (Å²) in [6.45, 7) is 0.677. The van der Waals surface area contributed by atoms with Gasteiger partial charge in [0.2, 0.25) is 11.8 Å². The highest BCUT2D eigenvalue weighted by atomic mass is 16.5. The van der Waals surface area contributed by atoms with E-state index in [0.29, 0.717) is 13.0 Å². The van der Waals surface area contributed by atoms with Crippen LogP contribution in [-0.4, -0.2) is 59.9 Å². The topological polar surface area (TPSA) is 66.9 Å². The van der Waals surface area contributed by atoms with Gasteiger partial charge in [0, 0.05) is 13.1 Å². The summed E-state index contributed by atoms with van der Waals surface area (Å²) in [7, 11) is 2.87. The number of carbonyl (C=O) groups is 3. The Balaban J connectivity index is 1.81. The number of imide groups is 1. The highest BCUT2D eigenvalue weighted by Crippen LogP contribution is 2.53. The van der Waals surface area contributed by atoms with Crippen molar-refractivity contribution in [2.75, 3.05) is 20.7 Å². The fraction of sp³-hybridized carbons (Fsp3) is 0.476. The van der Waals surface area contributed by atoms with E-state index in [4.69, 9.17) is 4.74 Å². The lowest BCUT2D eigenvalue weighted by Gasteiger charge is -2.43. The van der Waals surface area contributed by atoms with E-state index in [1.54, 1.807) is 0 Å². The second-order valence-electron chi connectivity index (χ2n) is 7.57. The summed E-state index contributed by atoms with van der Waals surface area (Å²) in [6, 6.07) is 9.53. The van der Waals surface area contributed by atoms with Crippen molar-refractivity contribution in [2.45, 2.75) is 30.8 Å². The molecule has 3 fully saturated rings. The number of fused-ring (bicyclic) bond motifs is 3. The number of esters is 1. The Morgan fingerprint density at radius 2 is 1.93 bits per heavy atom. The lowest BCUT2D eigenvalue weighted by atomic mass is 9.75. The normalized spacial score (nSPS) is 33.4. The van der Waals surface area contributed by atoms with Gasteiger partial charge in [0.05, 0.1) is 18.9 Å². The average molecular weight is 368 g/mol. The van der Waals surface area contributed by atoms with Gasteiger partial charge in [-0.25, -0.2) is 0 Å². The first-order valence-corrected chi connectivity index (χ1v) is 9.42. The summed E-state index contributed by atoms with van der Waals surface area (Å²) in [5.41, 5.74) is -0.0207. The van der Waals surface area contributed by atoms with Crippen LogP contribution in [-0.2, 0) is 19.1 Å². The van der Waals surface area contributed by atoms with Gasteiger partial charge >= 0.3 is 5.97 Å². The number of piperidine rings is 1. The predicted octanol–water partition coefficient (Wildman–Crippen LogP) is 1.71. The van der Waals surface area contributed by atoms with Crippen molar-refractivity contribution in [3.05, 3.63) is 42.0 Å². The molecule has 2 amide bonds. The van der Waals surface area contributed by atoms with Gasteiger partial charge in [-0.1, -0.05) is 42.5 Å². The van der Waals surface area contributed by atoms with Crippen LogP contribution in [0.15, 0.2) is 36.4 Å². The number of rotatable bonds is 3. The largest absolute Gasteiger partial charge is 0.468 e. The smallest absolute Gasteiger partial charge is 0.327 e. The maximum atomic E-state index is 12.9. The molecule has 0 spiro atoms. The Hall–Kier alpha value is -2.47. The molecular weight excluding hydrogens is 344 g/mol. The fourth-order valence-electron chi connectivity index (χ4n) is 5.16. The van der Waals surface area contributed by atoms with Crippen LogP contribution in [0, 0.1) is 11.8 Å². The molecule has 3 aliphatic rings. The lowest BCUT2D eigenvalue weighted by molar-refractivity contribution is -0.163. The van der Waals surface area contributed by atoms with Gasteiger partial charge in [0.15, 0.2) is 0 Å². The van der Waals surface area contributed by atoms with Crippen molar-refractivity contribution in [3.63, 3.8) is 0 Å². The minimum absolute atomic E-state index is 0.203. The van der Waals surface area contributed by atoms with Crippen LogP contribution in [0.2, 0.25) is 0 Å². The number of amides is 2. The van der Waals surface area contributed by atoms with Gasteiger partial charge in [0.25, 0.3) is 0 Å². The molecule has 6 heteroatoms. The third kappa shape index (κ3) is 2.46. The van der Waals surface area contributed by atoms with Gasteiger partial charge in [0.1, 0.15) is 5.54 Å². The second kappa shape index (κ2) is 6.60. The molecule has 0 aromatic heterocycles. The van der Waals surface area contributed by atoms with Gasteiger partial charge in [-0.2, -0.15) is 0 Å². The van der Waals surface area contributed by atoms with Crippen molar-refractivity contribution < 1.29 is 19.1 Å². The number of carbonyl (C=O) groups excluding carboxylic acids is 3. The molecule has 0 saturated carbocycles. The number of methoxy groups -OCH3 is 1. The molecule has 0 N–H and O–H groups in total. The third-order valence-electron chi connectivity index (χ3n) is 6.36. The third-order valence-corrected chi connectivity index (χ3v) is 6.36. The first-order chi connectivity index (χ1) is 13.0. The molecule has 142 valence electrons. The lowest BCUT2D eigenvalue weighted by Crippen LogP contribution is -2.60. The van der Waals surface area contributed by atoms with E-state index in [2.05, 4.69) is 4.90 Å². The Labute approximate surface area is 158 Å². The first kappa shape index (κ1) is 17.9. The second-order valence-corrected chi connectivity index (χ2v) is 7.57. The van der Waals surface area contributed by atoms with E-state index in [0.717, 1.165) is 18.4 Å². The fourth-order valence-corrected chi connectivity index (χ4v) is 5.16. The van der Waals surface area contributed by atoms with Gasteiger partial charge < -0.3 is 4.74 Å². The molecular formula is C21H24N2O4.